The first-order valence-corrected chi connectivity index (χ1v) is 12.1. The van der Waals surface area contributed by atoms with Gasteiger partial charge in [-0.2, -0.15) is 0 Å². The van der Waals surface area contributed by atoms with Crippen LogP contribution in [-0.2, 0) is 6.54 Å². The van der Waals surface area contributed by atoms with Gasteiger partial charge in [-0.1, -0.05) is 41.2 Å². The van der Waals surface area contributed by atoms with Gasteiger partial charge < -0.3 is 18.9 Å². The van der Waals surface area contributed by atoms with Gasteiger partial charge in [0.05, 0.1) is 35.3 Å². The van der Waals surface area contributed by atoms with Gasteiger partial charge in [0.25, 0.3) is 5.56 Å². The fourth-order valence-corrected chi connectivity index (χ4v) is 5.26. The smallest absolute Gasteiger partial charge is 0.259 e. The van der Waals surface area contributed by atoms with E-state index in [9.17, 15) is 4.79 Å². The van der Waals surface area contributed by atoms with Crippen LogP contribution in [0.15, 0.2) is 29.2 Å². The molecule has 3 aromatic rings. The Morgan fingerprint density at radius 2 is 1.61 bits per heavy atom. The van der Waals surface area contributed by atoms with Crippen molar-refractivity contribution in [3.05, 3.63) is 49.9 Å². The Morgan fingerprint density at radius 1 is 0.939 bits per heavy atom. The standard InChI is InChI=1S/C24H26Cl3N3O3/c1-32-18-13-19(33-2)23(27)21(22(18)26)16-11-15-14-28-20(25)12-17(15)30(24(16)31)10-6-9-29-7-4-3-5-8-29/h11-14H,3-10H2,1-2H3. The summed E-state index contributed by atoms with van der Waals surface area (Å²) >= 11 is 19.4. The van der Waals surface area contributed by atoms with Gasteiger partial charge in [-0.25, -0.2) is 4.98 Å². The van der Waals surface area contributed by atoms with E-state index >= 15 is 0 Å². The van der Waals surface area contributed by atoms with E-state index in [4.69, 9.17) is 44.3 Å². The molecule has 4 rings (SSSR count). The highest BCUT2D eigenvalue weighted by atomic mass is 35.5. The number of fused-ring (bicyclic) bond motifs is 1. The van der Waals surface area contributed by atoms with E-state index in [0.717, 1.165) is 37.0 Å². The minimum atomic E-state index is -0.206. The average Bonchev–Trinajstić information content (AvgIpc) is 2.82. The Balaban J connectivity index is 1.83. The highest BCUT2D eigenvalue weighted by Crippen LogP contribution is 2.45. The molecule has 0 saturated carbocycles. The summed E-state index contributed by atoms with van der Waals surface area (Å²) in [6, 6.07) is 5.07. The van der Waals surface area contributed by atoms with E-state index in [1.807, 2.05) is 0 Å². The van der Waals surface area contributed by atoms with Gasteiger partial charge in [0.15, 0.2) is 0 Å². The lowest BCUT2D eigenvalue weighted by molar-refractivity contribution is 0.223. The number of hydrogen-bond acceptors (Lipinski definition) is 5. The Bertz CT molecular complexity index is 1200. The fourth-order valence-electron chi connectivity index (χ4n) is 4.41. The molecule has 0 atom stereocenters. The summed E-state index contributed by atoms with van der Waals surface area (Å²) in [7, 11) is 3.01. The zero-order valence-electron chi connectivity index (χ0n) is 18.7. The van der Waals surface area contributed by atoms with Gasteiger partial charge in [-0.05, 0) is 51.0 Å². The third-order valence-corrected chi connectivity index (χ3v) is 7.05. The topological polar surface area (TPSA) is 56.6 Å². The lowest BCUT2D eigenvalue weighted by atomic mass is 10.0. The fraction of sp³-hybridized carbons (Fsp3) is 0.417. The van der Waals surface area contributed by atoms with Crippen LogP contribution in [0.25, 0.3) is 22.0 Å². The third kappa shape index (κ3) is 4.94. The van der Waals surface area contributed by atoms with Gasteiger partial charge in [-0.15, -0.1) is 0 Å². The number of benzene rings is 1. The van der Waals surface area contributed by atoms with Crippen molar-refractivity contribution < 1.29 is 9.47 Å². The van der Waals surface area contributed by atoms with Crippen molar-refractivity contribution in [1.82, 2.24) is 14.5 Å². The number of aryl methyl sites for hydroxylation is 1. The van der Waals surface area contributed by atoms with Gasteiger partial charge in [0, 0.05) is 29.8 Å². The number of nitrogens with zero attached hydrogens (tertiary/aromatic N) is 3. The van der Waals surface area contributed by atoms with Crippen LogP contribution in [0.2, 0.25) is 15.2 Å². The van der Waals surface area contributed by atoms with Gasteiger partial charge in [0.2, 0.25) is 0 Å². The molecular formula is C24H26Cl3N3O3. The first-order valence-electron chi connectivity index (χ1n) is 11.0. The number of methoxy groups -OCH3 is 2. The minimum absolute atomic E-state index is 0.206. The molecule has 0 N–H and O–H groups in total. The Hall–Kier alpha value is -1.99. The molecular weight excluding hydrogens is 485 g/mol. The molecule has 9 heteroatoms. The van der Waals surface area contributed by atoms with Crippen LogP contribution in [0, 0.1) is 0 Å². The second kappa shape index (κ2) is 10.5. The molecule has 0 amide bonds. The molecule has 0 radical (unpaired) electrons. The molecule has 1 saturated heterocycles. The van der Waals surface area contributed by atoms with Crippen molar-refractivity contribution in [2.75, 3.05) is 33.9 Å². The van der Waals surface area contributed by atoms with E-state index < -0.39 is 0 Å². The average molecular weight is 511 g/mol. The van der Waals surface area contributed by atoms with Crippen molar-refractivity contribution in [3.8, 4) is 22.6 Å². The summed E-state index contributed by atoms with van der Waals surface area (Å²) in [5.74, 6) is 0.747. The molecule has 6 nitrogen and oxygen atoms in total. The largest absolute Gasteiger partial charge is 0.495 e. The summed E-state index contributed by atoms with van der Waals surface area (Å²) in [5.41, 5.74) is 1.25. The molecule has 1 fully saturated rings. The van der Waals surface area contributed by atoms with Crippen LogP contribution in [-0.4, -0.2) is 48.3 Å². The SMILES string of the molecule is COc1cc(OC)c(Cl)c(-c2cc3cnc(Cl)cc3n(CCCN3CCCCC3)c2=O)c1Cl. The lowest BCUT2D eigenvalue weighted by Gasteiger charge is -2.26. The highest BCUT2D eigenvalue weighted by molar-refractivity contribution is 6.41. The molecule has 0 aliphatic carbocycles. The van der Waals surface area contributed by atoms with Crippen LogP contribution < -0.4 is 15.0 Å². The molecule has 2 aromatic heterocycles. The maximum Gasteiger partial charge on any atom is 0.259 e. The molecule has 33 heavy (non-hydrogen) atoms. The van der Waals surface area contributed by atoms with Gasteiger partial charge >= 0.3 is 0 Å². The lowest BCUT2D eigenvalue weighted by Crippen LogP contribution is -2.32. The number of hydrogen-bond donors (Lipinski definition) is 0. The number of halogens is 3. The zero-order chi connectivity index (χ0) is 23.5. The Labute approximate surface area is 208 Å². The molecule has 3 heterocycles. The maximum atomic E-state index is 13.8. The van der Waals surface area contributed by atoms with E-state index in [2.05, 4.69) is 9.88 Å². The summed E-state index contributed by atoms with van der Waals surface area (Å²) in [6.45, 7) is 3.70. The van der Waals surface area contributed by atoms with Crippen molar-refractivity contribution in [3.63, 3.8) is 0 Å². The van der Waals surface area contributed by atoms with Crippen LogP contribution >= 0.6 is 34.8 Å². The van der Waals surface area contributed by atoms with Crippen molar-refractivity contribution >= 4 is 45.7 Å². The maximum absolute atomic E-state index is 13.8. The van der Waals surface area contributed by atoms with E-state index in [1.165, 1.54) is 33.5 Å². The summed E-state index contributed by atoms with van der Waals surface area (Å²) < 4.78 is 12.5. The van der Waals surface area contributed by atoms with E-state index in [-0.39, 0.29) is 15.6 Å². The number of likely N-dealkylation sites (tertiary alicyclic amines) is 1. The number of aromatic nitrogens is 2. The summed E-state index contributed by atoms with van der Waals surface area (Å²) in [6.07, 6.45) is 6.24. The molecule has 1 aliphatic heterocycles. The first-order chi connectivity index (χ1) is 15.9. The summed E-state index contributed by atoms with van der Waals surface area (Å²) in [4.78, 5) is 20.4. The van der Waals surface area contributed by atoms with Crippen LogP contribution in [0.1, 0.15) is 25.7 Å². The second-order valence-electron chi connectivity index (χ2n) is 8.12. The third-order valence-electron chi connectivity index (χ3n) is 6.09. The molecule has 0 bridgehead atoms. The van der Waals surface area contributed by atoms with Crippen molar-refractivity contribution in [2.45, 2.75) is 32.2 Å². The van der Waals surface area contributed by atoms with Crippen LogP contribution in [0.5, 0.6) is 11.5 Å². The number of rotatable bonds is 7. The number of piperidine rings is 1. The van der Waals surface area contributed by atoms with Crippen molar-refractivity contribution in [2.24, 2.45) is 0 Å². The molecule has 0 spiro atoms. The Kier molecular flexibility index (Phi) is 7.69. The normalized spacial score (nSPS) is 14.6. The van der Waals surface area contributed by atoms with Gasteiger partial charge in [0.1, 0.15) is 16.7 Å². The highest BCUT2D eigenvalue weighted by Gasteiger charge is 2.23. The molecule has 1 aromatic carbocycles. The molecule has 176 valence electrons. The van der Waals surface area contributed by atoms with E-state index in [1.54, 1.807) is 29.0 Å². The summed E-state index contributed by atoms with van der Waals surface area (Å²) in [5, 5.41) is 1.60. The first kappa shape index (κ1) is 24.1. The minimum Gasteiger partial charge on any atom is -0.495 e. The molecule has 1 aliphatic rings. The number of ether oxygens (including phenoxy) is 2. The predicted molar refractivity (Wildman–Crippen MR) is 134 cm³/mol. The molecule has 0 unspecified atom stereocenters. The van der Waals surface area contributed by atoms with Crippen LogP contribution in [0.3, 0.4) is 0 Å². The number of pyridine rings is 2. The van der Waals surface area contributed by atoms with Crippen molar-refractivity contribution in [1.29, 1.82) is 0 Å². The van der Waals surface area contributed by atoms with Crippen LogP contribution in [0.4, 0.5) is 0 Å². The monoisotopic (exact) mass is 509 g/mol. The quantitative estimate of drug-likeness (QED) is 0.369. The zero-order valence-corrected chi connectivity index (χ0v) is 20.9. The van der Waals surface area contributed by atoms with Gasteiger partial charge in [-0.3, -0.25) is 4.79 Å². The second-order valence-corrected chi connectivity index (χ2v) is 9.26. The predicted octanol–water partition coefficient (Wildman–Crippen LogP) is 5.92. The Morgan fingerprint density at radius 3 is 2.24 bits per heavy atom. The van der Waals surface area contributed by atoms with E-state index in [0.29, 0.717) is 34.3 Å².